The average Bonchev–Trinajstić information content (AvgIpc) is 3.49. The van der Waals surface area contributed by atoms with Gasteiger partial charge in [0.05, 0.1) is 9.88 Å². The fourth-order valence-electron chi connectivity index (χ4n) is 3.23. The van der Waals surface area contributed by atoms with Crippen LogP contribution in [0.2, 0.25) is 0 Å². The number of anilines is 1. The number of carbonyl (C=O) groups excluding carboxylic acids is 2. The molecule has 3 aromatic rings. The summed E-state index contributed by atoms with van der Waals surface area (Å²) in [5, 5.41) is 3.36. The van der Waals surface area contributed by atoms with Gasteiger partial charge in [-0.15, -0.1) is 11.3 Å². The van der Waals surface area contributed by atoms with Crippen LogP contribution in [0.1, 0.15) is 44.0 Å². The highest BCUT2D eigenvalue weighted by atomic mass is 32.1. The summed E-state index contributed by atoms with van der Waals surface area (Å²) in [6.07, 6.45) is 2.04. The molecule has 0 bridgehead atoms. The number of carbonyl (C=O) groups is 2. The number of thiophene rings is 1. The summed E-state index contributed by atoms with van der Waals surface area (Å²) in [5.41, 5.74) is 2.17. The third kappa shape index (κ3) is 4.54. The van der Waals surface area contributed by atoms with Crippen LogP contribution in [0.25, 0.3) is 0 Å². The van der Waals surface area contributed by atoms with Gasteiger partial charge in [-0.1, -0.05) is 36.4 Å². The summed E-state index contributed by atoms with van der Waals surface area (Å²) in [5.74, 6) is -0.866. The molecule has 1 saturated carbocycles. The minimum atomic E-state index is -0.461. The number of hydrogen-bond acceptors (Lipinski definition) is 3. The minimum Gasteiger partial charge on any atom is -0.331 e. The maximum Gasteiger partial charge on any atom is 0.264 e. The first kappa shape index (κ1) is 19.3. The standard InChI is InChI=1S/C23H21FN2O2S/c1-15-12-20(25-22(27)17-8-5-9-18(24)13-17)29-21(15)23(28)26(19-10-11-19)14-16-6-3-2-4-7-16/h2-9,12-13,19H,10-11,14H2,1H3,(H,25,27). The lowest BCUT2D eigenvalue weighted by molar-refractivity contribution is 0.0734. The number of nitrogens with zero attached hydrogens (tertiary/aromatic N) is 1. The predicted octanol–water partition coefficient (Wildman–Crippen LogP) is 5.25. The van der Waals surface area contributed by atoms with Crippen molar-refractivity contribution in [2.24, 2.45) is 0 Å². The Morgan fingerprint density at radius 2 is 1.86 bits per heavy atom. The predicted molar refractivity (Wildman–Crippen MR) is 113 cm³/mol. The number of amides is 2. The van der Waals surface area contributed by atoms with Gasteiger partial charge in [-0.3, -0.25) is 9.59 Å². The fourth-order valence-corrected chi connectivity index (χ4v) is 4.26. The van der Waals surface area contributed by atoms with E-state index in [1.165, 1.54) is 29.5 Å². The lowest BCUT2D eigenvalue weighted by Crippen LogP contribution is -2.32. The average molecular weight is 408 g/mol. The number of rotatable bonds is 6. The second-order valence-corrected chi connectivity index (χ2v) is 8.29. The van der Waals surface area contributed by atoms with E-state index in [1.54, 1.807) is 12.1 Å². The molecule has 0 atom stereocenters. The van der Waals surface area contributed by atoms with Crippen LogP contribution in [0.4, 0.5) is 9.39 Å². The highest BCUT2D eigenvalue weighted by Gasteiger charge is 2.34. The summed E-state index contributed by atoms with van der Waals surface area (Å²) < 4.78 is 13.4. The van der Waals surface area contributed by atoms with Crippen molar-refractivity contribution in [2.75, 3.05) is 5.32 Å². The molecule has 0 radical (unpaired) electrons. The second kappa shape index (κ2) is 8.17. The van der Waals surface area contributed by atoms with Crippen LogP contribution in [-0.4, -0.2) is 22.8 Å². The van der Waals surface area contributed by atoms with Crippen molar-refractivity contribution in [3.8, 4) is 0 Å². The van der Waals surface area contributed by atoms with E-state index >= 15 is 0 Å². The van der Waals surface area contributed by atoms with Crippen LogP contribution in [0, 0.1) is 12.7 Å². The van der Waals surface area contributed by atoms with E-state index in [0.717, 1.165) is 24.0 Å². The number of nitrogens with one attached hydrogen (secondary N) is 1. The van der Waals surface area contributed by atoms with Crippen LogP contribution in [0.3, 0.4) is 0 Å². The molecule has 0 unspecified atom stereocenters. The van der Waals surface area contributed by atoms with E-state index in [2.05, 4.69) is 5.32 Å². The molecule has 6 heteroatoms. The molecule has 1 heterocycles. The van der Waals surface area contributed by atoms with Gasteiger partial charge in [0.2, 0.25) is 0 Å². The zero-order valence-corrected chi connectivity index (χ0v) is 16.8. The van der Waals surface area contributed by atoms with Gasteiger partial charge in [-0.25, -0.2) is 4.39 Å². The largest absolute Gasteiger partial charge is 0.331 e. The lowest BCUT2D eigenvalue weighted by Gasteiger charge is -2.22. The Bertz CT molecular complexity index is 1040. The van der Waals surface area contributed by atoms with E-state index < -0.39 is 11.7 Å². The van der Waals surface area contributed by atoms with E-state index in [4.69, 9.17) is 0 Å². The van der Waals surface area contributed by atoms with Crippen molar-refractivity contribution >= 4 is 28.2 Å². The van der Waals surface area contributed by atoms with E-state index in [0.29, 0.717) is 16.4 Å². The lowest BCUT2D eigenvalue weighted by atomic mass is 10.2. The maximum absolute atomic E-state index is 13.4. The normalized spacial score (nSPS) is 13.2. The van der Waals surface area contributed by atoms with Crippen molar-refractivity contribution in [1.82, 2.24) is 4.90 Å². The Kier molecular flexibility index (Phi) is 5.45. The first-order valence-electron chi connectivity index (χ1n) is 9.53. The van der Waals surface area contributed by atoms with Crippen LogP contribution in [0.5, 0.6) is 0 Å². The Labute approximate surface area is 173 Å². The van der Waals surface area contributed by atoms with E-state index in [-0.39, 0.29) is 17.5 Å². The molecule has 148 valence electrons. The molecule has 4 nitrogen and oxygen atoms in total. The molecule has 2 aromatic carbocycles. The topological polar surface area (TPSA) is 49.4 Å². The van der Waals surface area contributed by atoms with Gasteiger partial charge in [0.15, 0.2) is 0 Å². The van der Waals surface area contributed by atoms with E-state index in [9.17, 15) is 14.0 Å². The summed E-state index contributed by atoms with van der Waals surface area (Å²) >= 11 is 1.26. The number of hydrogen-bond donors (Lipinski definition) is 1. The Morgan fingerprint density at radius 3 is 2.55 bits per heavy atom. The third-order valence-corrected chi connectivity index (χ3v) is 6.02. The molecular weight excluding hydrogens is 387 g/mol. The smallest absolute Gasteiger partial charge is 0.264 e. The number of aryl methyl sites for hydroxylation is 1. The van der Waals surface area contributed by atoms with Crippen molar-refractivity contribution < 1.29 is 14.0 Å². The fraction of sp³-hybridized carbons (Fsp3) is 0.217. The Morgan fingerprint density at radius 1 is 1.10 bits per heavy atom. The molecule has 1 N–H and O–H groups in total. The van der Waals surface area contributed by atoms with Crippen LogP contribution < -0.4 is 5.32 Å². The van der Waals surface area contributed by atoms with Crippen LogP contribution >= 0.6 is 11.3 Å². The monoisotopic (exact) mass is 408 g/mol. The summed E-state index contributed by atoms with van der Waals surface area (Å²) in [4.78, 5) is 28.2. The van der Waals surface area contributed by atoms with Gasteiger partial charge in [-0.05, 0) is 55.2 Å². The molecule has 1 aromatic heterocycles. The second-order valence-electron chi connectivity index (χ2n) is 7.24. The molecule has 1 aliphatic rings. The Hall–Kier alpha value is -2.99. The summed E-state index contributed by atoms with van der Waals surface area (Å²) in [6, 6.07) is 17.6. The van der Waals surface area contributed by atoms with Gasteiger partial charge >= 0.3 is 0 Å². The zero-order valence-electron chi connectivity index (χ0n) is 16.0. The Balaban J connectivity index is 1.51. The minimum absolute atomic E-state index is 0.00916. The molecule has 0 spiro atoms. The third-order valence-electron chi connectivity index (χ3n) is 4.88. The van der Waals surface area contributed by atoms with Gasteiger partial charge in [0, 0.05) is 18.2 Å². The first-order chi connectivity index (χ1) is 14.0. The van der Waals surface area contributed by atoms with Crippen molar-refractivity contribution in [3.63, 3.8) is 0 Å². The van der Waals surface area contributed by atoms with Crippen molar-refractivity contribution in [1.29, 1.82) is 0 Å². The highest BCUT2D eigenvalue weighted by molar-refractivity contribution is 7.18. The first-order valence-corrected chi connectivity index (χ1v) is 10.3. The van der Waals surface area contributed by atoms with Gasteiger partial charge < -0.3 is 10.2 Å². The quantitative estimate of drug-likeness (QED) is 0.605. The van der Waals surface area contributed by atoms with Crippen LogP contribution in [-0.2, 0) is 6.54 Å². The summed E-state index contributed by atoms with van der Waals surface area (Å²) in [7, 11) is 0. The van der Waals surface area contributed by atoms with E-state index in [1.807, 2.05) is 42.2 Å². The van der Waals surface area contributed by atoms with Gasteiger partial charge in [0.1, 0.15) is 5.82 Å². The summed E-state index contributed by atoms with van der Waals surface area (Å²) in [6.45, 7) is 2.45. The zero-order chi connectivity index (χ0) is 20.4. The van der Waals surface area contributed by atoms with Crippen molar-refractivity contribution in [2.45, 2.75) is 32.4 Å². The molecule has 29 heavy (non-hydrogen) atoms. The van der Waals surface area contributed by atoms with Crippen molar-refractivity contribution in [3.05, 3.63) is 88.0 Å². The highest BCUT2D eigenvalue weighted by Crippen LogP contribution is 2.34. The molecule has 4 rings (SSSR count). The molecule has 0 saturated heterocycles. The molecule has 2 amide bonds. The SMILES string of the molecule is Cc1cc(NC(=O)c2cccc(F)c2)sc1C(=O)N(Cc1ccccc1)C1CC1. The maximum atomic E-state index is 13.4. The molecule has 1 aliphatic carbocycles. The molecule has 0 aliphatic heterocycles. The number of benzene rings is 2. The van der Waals surface area contributed by atoms with Crippen LogP contribution in [0.15, 0.2) is 60.7 Å². The number of halogens is 1. The van der Waals surface area contributed by atoms with Gasteiger partial charge in [-0.2, -0.15) is 0 Å². The molecule has 1 fully saturated rings. The molecular formula is C23H21FN2O2S. The van der Waals surface area contributed by atoms with Gasteiger partial charge in [0.25, 0.3) is 11.8 Å².